The van der Waals surface area contributed by atoms with Crippen LogP contribution in [0.3, 0.4) is 0 Å². The van der Waals surface area contributed by atoms with Gasteiger partial charge in [-0.3, -0.25) is 4.79 Å². The standard InChI is InChI=1S/C8H15NO/c1-5(2)3-4-6-7(9)8(6)10/h5-7H,3-4,9H2,1-2H3. The highest BCUT2D eigenvalue weighted by Crippen LogP contribution is 2.29. The lowest BCUT2D eigenvalue weighted by Gasteiger charge is -2.00. The van der Waals surface area contributed by atoms with Gasteiger partial charge in [0.05, 0.1) is 6.04 Å². The van der Waals surface area contributed by atoms with Gasteiger partial charge >= 0.3 is 0 Å². The Morgan fingerprint density at radius 1 is 1.60 bits per heavy atom. The first-order valence-corrected chi connectivity index (χ1v) is 3.92. The lowest BCUT2D eigenvalue weighted by atomic mass is 10.1. The molecule has 0 aliphatic heterocycles. The van der Waals surface area contributed by atoms with Crippen molar-refractivity contribution in [2.24, 2.45) is 17.6 Å². The van der Waals surface area contributed by atoms with Crippen molar-refractivity contribution in [3.63, 3.8) is 0 Å². The SMILES string of the molecule is CC(C)CCC1C(=O)C1N. The smallest absolute Gasteiger partial charge is 0.155 e. The second-order valence-electron chi connectivity index (χ2n) is 3.51. The minimum absolute atomic E-state index is 0.112. The molecule has 0 aromatic rings. The van der Waals surface area contributed by atoms with E-state index in [2.05, 4.69) is 13.8 Å². The molecule has 1 aliphatic carbocycles. The van der Waals surface area contributed by atoms with Crippen molar-refractivity contribution in [2.75, 3.05) is 0 Å². The number of hydrogen-bond acceptors (Lipinski definition) is 2. The molecule has 2 nitrogen and oxygen atoms in total. The third-order valence-electron chi connectivity index (χ3n) is 2.07. The van der Waals surface area contributed by atoms with Gasteiger partial charge in [0.2, 0.25) is 0 Å². The van der Waals surface area contributed by atoms with Crippen molar-refractivity contribution in [1.29, 1.82) is 0 Å². The van der Waals surface area contributed by atoms with E-state index < -0.39 is 0 Å². The molecule has 0 spiro atoms. The van der Waals surface area contributed by atoms with Gasteiger partial charge in [0, 0.05) is 5.92 Å². The van der Waals surface area contributed by atoms with E-state index >= 15 is 0 Å². The van der Waals surface area contributed by atoms with Crippen LogP contribution in [0.2, 0.25) is 0 Å². The van der Waals surface area contributed by atoms with Crippen LogP contribution in [0.15, 0.2) is 0 Å². The monoisotopic (exact) mass is 141 g/mol. The predicted octanol–water partition coefficient (Wildman–Crippen LogP) is 0.949. The van der Waals surface area contributed by atoms with Crippen molar-refractivity contribution in [3.8, 4) is 0 Å². The van der Waals surface area contributed by atoms with E-state index in [1.807, 2.05) is 0 Å². The number of nitrogens with two attached hydrogens (primary N) is 1. The fourth-order valence-electron chi connectivity index (χ4n) is 1.15. The maximum Gasteiger partial charge on any atom is 0.155 e. The first kappa shape index (κ1) is 7.73. The van der Waals surface area contributed by atoms with Crippen LogP contribution >= 0.6 is 0 Å². The maximum atomic E-state index is 10.7. The summed E-state index contributed by atoms with van der Waals surface area (Å²) < 4.78 is 0. The molecule has 0 radical (unpaired) electrons. The van der Waals surface area contributed by atoms with Crippen molar-refractivity contribution >= 4 is 5.78 Å². The molecule has 0 aromatic heterocycles. The quantitative estimate of drug-likeness (QED) is 0.636. The summed E-state index contributed by atoms with van der Waals surface area (Å²) in [5.74, 6) is 1.17. The largest absolute Gasteiger partial charge is 0.321 e. The van der Waals surface area contributed by atoms with Gasteiger partial charge < -0.3 is 5.73 Å². The first-order chi connectivity index (χ1) is 4.63. The fraction of sp³-hybridized carbons (Fsp3) is 0.875. The normalized spacial score (nSPS) is 31.4. The minimum atomic E-state index is -0.112. The van der Waals surface area contributed by atoms with E-state index in [0.717, 1.165) is 12.8 Å². The van der Waals surface area contributed by atoms with E-state index in [-0.39, 0.29) is 17.7 Å². The minimum Gasteiger partial charge on any atom is -0.321 e. The second kappa shape index (κ2) is 2.70. The summed E-state index contributed by atoms with van der Waals surface area (Å²) in [6.07, 6.45) is 2.13. The molecule has 58 valence electrons. The van der Waals surface area contributed by atoms with E-state index in [0.29, 0.717) is 5.92 Å². The van der Waals surface area contributed by atoms with E-state index in [1.165, 1.54) is 0 Å². The van der Waals surface area contributed by atoms with Crippen LogP contribution in [0.5, 0.6) is 0 Å². The molecular weight excluding hydrogens is 126 g/mol. The van der Waals surface area contributed by atoms with Crippen LogP contribution in [0, 0.1) is 11.8 Å². The van der Waals surface area contributed by atoms with Crippen molar-refractivity contribution in [1.82, 2.24) is 0 Å². The average Bonchev–Trinajstić information content (AvgIpc) is 2.38. The molecule has 0 amide bonds. The van der Waals surface area contributed by atoms with Gasteiger partial charge in [-0.2, -0.15) is 0 Å². The summed E-state index contributed by atoms with van der Waals surface area (Å²) in [6.45, 7) is 4.33. The molecule has 2 heteroatoms. The van der Waals surface area contributed by atoms with Crippen molar-refractivity contribution in [3.05, 3.63) is 0 Å². The topological polar surface area (TPSA) is 43.1 Å². The molecule has 2 unspecified atom stereocenters. The van der Waals surface area contributed by atoms with Crippen LogP contribution in [0.25, 0.3) is 0 Å². The Balaban J connectivity index is 2.12. The molecule has 1 fully saturated rings. The van der Waals surface area contributed by atoms with E-state index in [9.17, 15) is 4.79 Å². The van der Waals surface area contributed by atoms with Crippen LogP contribution in [0.4, 0.5) is 0 Å². The number of hydrogen-bond donors (Lipinski definition) is 1. The Morgan fingerprint density at radius 2 is 2.10 bits per heavy atom. The number of Topliss-reactive ketones (excluding diaryl/α,β-unsaturated/α-hetero) is 1. The second-order valence-corrected chi connectivity index (χ2v) is 3.51. The van der Waals surface area contributed by atoms with Gasteiger partial charge in [-0.1, -0.05) is 20.3 Å². The zero-order valence-corrected chi connectivity index (χ0v) is 6.63. The molecule has 0 aromatic carbocycles. The van der Waals surface area contributed by atoms with E-state index in [1.54, 1.807) is 0 Å². The highest BCUT2D eigenvalue weighted by Gasteiger charge is 2.45. The summed E-state index contributed by atoms with van der Waals surface area (Å²) in [7, 11) is 0. The first-order valence-electron chi connectivity index (χ1n) is 3.92. The highest BCUT2D eigenvalue weighted by atomic mass is 16.1. The molecule has 1 saturated carbocycles. The van der Waals surface area contributed by atoms with Crippen LogP contribution in [0.1, 0.15) is 26.7 Å². The molecule has 2 N–H and O–H groups in total. The Labute approximate surface area is 61.8 Å². The lowest BCUT2D eigenvalue weighted by molar-refractivity contribution is -0.111. The van der Waals surface area contributed by atoms with Gasteiger partial charge in [-0.15, -0.1) is 0 Å². The number of carbonyl (C=O) groups is 1. The molecule has 1 aliphatic rings. The molecule has 1 rings (SSSR count). The molecule has 0 heterocycles. The Hall–Kier alpha value is -0.370. The van der Waals surface area contributed by atoms with Crippen molar-refractivity contribution < 1.29 is 4.79 Å². The average molecular weight is 141 g/mol. The lowest BCUT2D eigenvalue weighted by Crippen LogP contribution is -2.03. The van der Waals surface area contributed by atoms with Crippen molar-refractivity contribution in [2.45, 2.75) is 32.7 Å². The van der Waals surface area contributed by atoms with Gasteiger partial charge in [-0.05, 0) is 12.3 Å². The summed E-state index contributed by atoms with van der Waals surface area (Å²) in [4.78, 5) is 10.7. The molecule has 0 saturated heterocycles. The Kier molecular flexibility index (Phi) is 2.09. The van der Waals surface area contributed by atoms with Crippen LogP contribution in [-0.4, -0.2) is 11.8 Å². The van der Waals surface area contributed by atoms with E-state index in [4.69, 9.17) is 5.73 Å². The summed E-state index contributed by atoms with van der Waals surface area (Å²) in [5.41, 5.74) is 5.45. The third-order valence-corrected chi connectivity index (χ3v) is 2.07. The summed E-state index contributed by atoms with van der Waals surface area (Å²) in [6, 6.07) is -0.112. The maximum absolute atomic E-state index is 10.7. The Morgan fingerprint density at radius 3 is 2.40 bits per heavy atom. The van der Waals surface area contributed by atoms with Crippen LogP contribution in [-0.2, 0) is 4.79 Å². The van der Waals surface area contributed by atoms with Gasteiger partial charge in [0.25, 0.3) is 0 Å². The van der Waals surface area contributed by atoms with Gasteiger partial charge in [-0.25, -0.2) is 0 Å². The molecular formula is C8H15NO. The number of ketones is 1. The molecule has 10 heavy (non-hydrogen) atoms. The number of rotatable bonds is 3. The zero-order chi connectivity index (χ0) is 7.72. The number of carbonyl (C=O) groups excluding carboxylic acids is 1. The highest BCUT2D eigenvalue weighted by molar-refractivity contribution is 6.02. The molecule has 2 atom stereocenters. The zero-order valence-electron chi connectivity index (χ0n) is 6.63. The summed E-state index contributed by atoms with van der Waals surface area (Å²) >= 11 is 0. The predicted molar refractivity (Wildman–Crippen MR) is 40.5 cm³/mol. The molecule has 0 bridgehead atoms. The summed E-state index contributed by atoms with van der Waals surface area (Å²) in [5, 5.41) is 0. The van der Waals surface area contributed by atoms with Gasteiger partial charge in [0.15, 0.2) is 5.78 Å². The fourth-order valence-corrected chi connectivity index (χ4v) is 1.15. The van der Waals surface area contributed by atoms with Gasteiger partial charge in [0.1, 0.15) is 0 Å². The third kappa shape index (κ3) is 1.57. The van der Waals surface area contributed by atoms with Crippen LogP contribution < -0.4 is 5.73 Å². The Bertz CT molecular complexity index is 142.